The van der Waals surface area contributed by atoms with Gasteiger partial charge in [-0.25, -0.2) is 4.79 Å². The Morgan fingerprint density at radius 2 is 1.96 bits per heavy atom. The lowest BCUT2D eigenvalue weighted by molar-refractivity contribution is -0.160. The first-order valence-electron chi connectivity index (χ1n) is 19.9. The van der Waals surface area contributed by atoms with Crippen LogP contribution in [0.15, 0.2) is 78.0 Å². The lowest BCUT2D eigenvalue weighted by atomic mass is 9.86. The molecule has 1 aromatic rings. The maximum absolute atomic E-state index is 12.5. The highest BCUT2D eigenvalue weighted by Crippen LogP contribution is 2.30. The van der Waals surface area contributed by atoms with Crippen molar-refractivity contribution < 1.29 is 43.5 Å². The Hall–Kier alpha value is -3.93. The number of azide groups is 1. The Morgan fingerprint density at radius 1 is 1.16 bits per heavy atom. The highest BCUT2D eigenvalue weighted by Gasteiger charge is 2.37. The second kappa shape index (κ2) is 25.3. The van der Waals surface area contributed by atoms with Crippen molar-refractivity contribution >= 4 is 11.9 Å². The van der Waals surface area contributed by atoms with Crippen molar-refractivity contribution in [1.82, 2.24) is 0 Å². The second-order valence-corrected chi connectivity index (χ2v) is 14.7. The van der Waals surface area contributed by atoms with E-state index in [2.05, 4.69) is 29.9 Å². The number of nitrogens with zero attached hydrogens (tertiary/aromatic N) is 3. The summed E-state index contributed by atoms with van der Waals surface area (Å²) in [5.74, 6) is 0.993. The molecular formula is C43H63N3O9. The highest BCUT2D eigenvalue weighted by atomic mass is 16.7. The number of cyclic esters (lactones) is 1. The second-order valence-electron chi connectivity index (χ2n) is 14.7. The minimum atomic E-state index is -1.73. The van der Waals surface area contributed by atoms with Crippen LogP contribution < -0.4 is 4.74 Å². The number of carbonyl (C=O) groups excluding carboxylic acids is 2. The molecular weight excluding hydrogens is 702 g/mol. The van der Waals surface area contributed by atoms with Crippen molar-refractivity contribution in [3.8, 4) is 5.75 Å². The molecule has 1 fully saturated rings. The van der Waals surface area contributed by atoms with E-state index in [-0.39, 0.29) is 56.7 Å². The van der Waals surface area contributed by atoms with Gasteiger partial charge in [-0.2, -0.15) is 0 Å². The molecule has 1 aromatic carbocycles. The van der Waals surface area contributed by atoms with Gasteiger partial charge in [0.1, 0.15) is 30.4 Å². The first kappa shape index (κ1) is 45.5. The zero-order chi connectivity index (χ0) is 39.9. The number of hydrogen-bond acceptors (Lipinski definition) is 10. The minimum absolute atomic E-state index is 0.0201. The highest BCUT2D eigenvalue weighted by molar-refractivity contribution is 5.83. The van der Waals surface area contributed by atoms with Crippen LogP contribution in [0, 0.1) is 17.8 Å². The molecule has 304 valence electrons. The van der Waals surface area contributed by atoms with Crippen molar-refractivity contribution in [2.45, 2.75) is 134 Å². The number of ether oxygens (including phenoxy) is 5. The molecule has 0 spiro atoms. The van der Waals surface area contributed by atoms with Crippen molar-refractivity contribution in [3.05, 3.63) is 88.9 Å². The number of rotatable bonds is 25. The first-order chi connectivity index (χ1) is 26.6. The molecule has 1 heterocycles. The average molecular weight is 766 g/mol. The Labute approximate surface area is 327 Å². The van der Waals surface area contributed by atoms with Crippen molar-refractivity contribution in [2.75, 3.05) is 20.4 Å². The van der Waals surface area contributed by atoms with Gasteiger partial charge in [0.25, 0.3) is 0 Å². The minimum Gasteiger partial charge on any atom is -0.497 e. The summed E-state index contributed by atoms with van der Waals surface area (Å²) in [5.41, 5.74) is 8.14. The standard InChI is InChI=1S/C43H63N3O9/c1-5-32(3)12-7-10-17-41(48)54-38-16-11-14-33(28-38)13-8-9-15-36(47)29-40(53-31-52-30-34-18-21-37(51-4)22-19-34)43(50,26-27-45-46-44)25-24-39-35(6-2)20-23-42(49)55-39/h8-9,13,15,18-25,32-33,35-36,38-40,47,50H,5-7,10-12,14,16-17,26-31H2,1-4H3/b13-8-,15-9-,25-24+/t32-,33+,35-,36-,38-,39-,40+,43-/m0/s1. The van der Waals surface area contributed by atoms with Crippen molar-refractivity contribution in [1.29, 1.82) is 0 Å². The van der Waals surface area contributed by atoms with Gasteiger partial charge in [-0.3, -0.25) is 4.79 Å². The molecule has 12 heteroatoms. The Kier molecular flexibility index (Phi) is 20.9. The summed E-state index contributed by atoms with van der Waals surface area (Å²) in [6.45, 7) is 6.40. The molecule has 8 atom stereocenters. The SMILES string of the molecule is CC[C@H](C)CCCCC(=O)O[C@H]1CCC[C@@H](/C=C\C=C/[C@H](O)C[C@@H](OCOCc2ccc(OC)cc2)[C@](O)(/C=C/[C@@H]2OC(=O)C=C[C@@H]2CC)CCN=[N+]=[N-])C1. The van der Waals surface area contributed by atoms with Crippen LogP contribution >= 0.6 is 0 Å². The fourth-order valence-electron chi connectivity index (χ4n) is 6.82. The molecule has 3 rings (SSSR count). The molecule has 12 nitrogen and oxygen atoms in total. The average Bonchev–Trinajstić information content (AvgIpc) is 3.19. The van der Waals surface area contributed by atoms with Crippen LogP contribution in [-0.2, 0) is 35.1 Å². The number of benzene rings is 1. The summed E-state index contributed by atoms with van der Waals surface area (Å²) in [7, 11) is 1.60. The van der Waals surface area contributed by atoms with E-state index in [1.165, 1.54) is 12.2 Å². The van der Waals surface area contributed by atoms with E-state index in [0.717, 1.165) is 62.7 Å². The van der Waals surface area contributed by atoms with E-state index in [1.54, 1.807) is 31.4 Å². The van der Waals surface area contributed by atoms with Crippen LogP contribution in [0.1, 0.15) is 103 Å². The monoisotopic (exact) mass is 765 g/mol. The number of esters is 2. The van der Waals surface area contributed by atoms with Gasteiger partial charge in [-0.05, 0) is 86.1 Å². The predicted octanol–water partition coefficient (Wildman–Crippen LogP) is 8.62. The van der Waals surface area contributed by atoms with Gasteiger partial charge >= 0.3 is 11.9 Å². The van der Waals surface area contributed by atoms with E-state index in [9.17, 15) is 19.8 Å². The van der Waals surface area contributed by atoms with Gasteiger partial charge in [0.2, 0.25) is 0 Å². The Bertz CT molecular complexity index is 1460. The summed E-state index contributed by atoms with van der Waals surface area (Å²) in [4.78, 5) is 27.4. The number of hydrogen-bond donors (Lipinski definition) is 2. The molecule has 0 bridgehead atoms. The molecule has 55 heavy (non-hydrogen) atoms. The predicted molar refractivity (Wildman–Crippen MR) is 212 cm³/mol. The number of aliphatic hydroxyl groups excluding tert-OH is 1. The molecule has 2 N–H and O–H groups in total. The Balaban J connectivity index is 1.66. The molecule has 1 saturated carbocycles. The summed E-state index contributed by atoms with van der Waals surface area (Å²) in [6, 6.07) is 7.40. The maximum Gasteiger partial charge on any atom is 0.331 e. The van der Waals surface area contributed by atoms with Crippen LogP contribution in [0.2, 0.25) is 0 Å². The Morgan fingerprint density at radius 3 is 2.69 bits per heavy atom. The van der Waals surface area contributed by atoms with E-state index in [1.807, 2.05) is 37.3 Å². The largest absolute Gasteiger partial charge is 0.497 e. The van der Waals surface area contributed by atoms with Gasteiger partial charge in [-0.1, -0.05) is 93.7 Å². The molecule has 0 saturated heterocycles. The van der Waals surface area contributed by atoms with Gasteiger partial charge in [-0.15, -0.1) is 0 Å². The normalized spacial score (nSPS) is 22.9. The first-order valence-corrected chi connectivity index (χ1v) is 19.9. The third-order valence-electron chi connectivity index (χ3n) is 10.5. The van der Waals surface area contributed by atoms with E-state index in [0.29, 0.717) is 18.8 Å². The third-order valence-corrected chi connectivity index (χ3v) is 10.5. The number of aliphatic hydroxyl groups is 2. The van der Waals surface area contributed by atoms with E-state index in [4.69, 9.17) is 29.2 Å². The number of unbranched alkanes of at least 4 members (excludes halogenated alkanes) is 1. The van der Waals surface area contributed by atoms with Crippen LogP contribution in [0.25, 0.3) is 10.4 Å². The van der Waals surface area contributed by atoms with Gasteiger partial charge in [0, 0.05) is 36.3 Å². The zero-order valence-corrected chi connectivity index (χ0v) is 33.2. The fourth-order valence-corrected chi connectivity index (χ4v) is 6.82. The van der Waals surface area contributed by atoms with E-state index < -0.39 is 29.9 Å². The molecule has 0 unspecified atom stereocenters. The number of methoxy groups -OCH3 is 1. The zero-order valence-electron chi connectivity index (χ0n) is 33.2. The van der Waals surface area contributed by atoms with Crippen LogP contribution in [0.5, 0.6) is 5.75 Å². The van der Waals surface area contributed by atoms with Gasteiger partial charge in [0.05, 0.1) is 25.9 Å². The topological polar surface area (TPSA) is 170 Å². The smallest absolute Gasteiger partial charge is 0.331 e. The lowest BCUT2D eigenvalue weighted by Gasteiger charge is -2.35. The van der Waals surface area contributed by atoms with Crippen LogP contribution in [0.3, 0.4) is 0 Å². The van der Waals surface area contributed by atoms with Crippen LogP contribution in [-0.4, -0.2) is 72.6 Å². The lowest BCUT2D eigenvalue weighted by Crippen LogP contribution is -2.45. The van der Waals surface area contributed by atoms with Gasteiger partial charge < -0.3 is 33.9 Å². The quantitative estimate of drug-likeness (QED) is 0.0145. The molecule has 0 aromatic heterocycles. The fraction of sp³-hybridized carbons (Fsp3) is 0.628. The summed E-state index contributed by atoms with van der Waals surface area (Å²) in [6.07, 6.45) is 20.0. The summed E-state index contributed by atoms with van der Waals surface area (Å²) < 4.78 is 28.5. The van der Waals surface area contributed by atoms with Crippen LogP contribution in [0.4, 0.5) is 0 Å². The van der Waals surface area contributed by atoms with Crippen molar-refractivity contribution in [3.63, 3.8) is 0 Å². The molecule has 0 radical (unpaired) electrons. The molecule has 2 aliphatic rings. The summed E-state index contributed by atoms with van der Waals surface area (Å²) in [5, 5.41) is 26.9. The van der Waals surface area contributed by atoms with Gasteiger partial charge in [0.15, 0.2) is 0 Å². The number of carbonyl (C=O) groups is 2. The van der Waals surface area contributed by atoms with Crippen molar-refractivity contribution in [2.24, 2.45) is 22.9 Å². The summed E-state index contributed by atoms with van der Waals surface area (Å²) >= 11 is 0. The van der Waals surface area contributed by atoms with E-state index >= 15 is 0 Å². The molecule has 1 aliphatic carbocycles. The third kappa shape index (κ3) is 17.2. The molecule has 0 amide bonds. The maximum atomic E-state index is 12.5. The number of allylic oxidation sites excluding steroid dienone is 3. The molecule has 1 aliphatic heterocycles.